The molecule has 0 saturated heterocycles. The number of aliphatic hydroxyl groups excluding tert-OH is 2. The number of aliphatic hydroxyl groups is 2. The highest BCUT2D eigenvalue weighted by Gasteiger charge is 2.28. The average Bonchev–Trinajstić information content (AvgIpc) is 2.39. The minimum absolute atomic E-state index is 0.0484. The van der Waals surface area contributed by atoms with Crippen LogP contribution in [0.25, 0.3) is 0 Å². The van der Waals surface area contributed by atoms with Crippen molar-refractivity contribution < 1.29 is 10.2 Å². The summed E-state index contributed by atoms with van der Waals surface area (Å²) in [6, 6.07) is 10.1. The molecule has 0 saturated carbocycles. The van der Waals surface area contributed by atoms with E-state index in [0.29, 0.717) is 0 Å². The second-order valence-corrected chi connectivity index (χ2v) is 5.56. The molecule has 0 heterocycles. The minimum Gasteiger partial charge on any atom is -0.396 e. The Balaban J connectivity index is 2.63. The van der Waals surface area contributed by atoms with Crippen molar-refractivity contribution in [2.24, 2.45) is 5.41 Å². The lowest BCUT2D eigenvalue weighted by Crippen LogP contribution is -2.32. The monoisotopic (exact) mass is 254 g/mol. The molecule has 0 aromatic heterocycles. The van der Waals surface area contributed by atoms with Crippen molar-refractivity contribution in [3.05, 3.63) is 35.9 Å². The number of benzene rings is 1. The first-order valence-corrected chi connectivity index (χ1v) is 7.40. The van der Waals surface area contributed by atoms with Gasteiger partial charge in [0.05, 0.1) is 13.2 Å². The molecular weight excluding hydrogens is 232 g/mol. The molecule has 1 aromatic rings. The summed E-state index contributed by atoms with van der Waals surface area (Å²) in [5.74, 6) is 1.08. The van der Waals surface area contributed by atoms with E-state index in [0.717, 1.165) is 25.0 Å². The van der Waals surface area contributed by atoms with Gasteiger partial charge in [-0.1, -0.05) is 30.3 Å². The second kappa shape index (κ2) is 7.75. The molecule has 0 unspecified atom stereocenters. The maximum atomic E-state index is 9.57. The molecule has 2 N–H and O–H groups in total. The highest BCUT2D eigenvalue weighted by Crippen LogP contribution is 2.28. The summed E-state index contributed by atoms with van der Waals surface area (Å²) in [5.41, 5.74) is 0.816. The summed E-state index contributed by atoms with van der Waals surface area (Å²) < 4.78 is 0. The van der Waals surface area contributed by atoms with Gasteiger partial charge in [-0.25, -0.2) is 0 Å². The lowest BCUT2D eigenvalue weighted by atomic mass is 9.79. The lowest BCUT2D eigenvalue weighted by molar-refractivity contribution is 0.0469. The molecule has 0 fully saturated rings. The van der Waals surface area contributed by atoms with Crippen LogP contribution in [-0.2, 0) is 6.42 Å². The summed E-state index contributed by atoms with van der Waals surface area (Å²) in [6.07, 6.45) is 4.73. The van der Waals surface area contributed by atoms with Crippen LogP contribution in [0.1, 0.15) is 18.4 Å². The third-order valence-electron chi connectivity index (χ3n) is 3.15. The van der Waals surface area contributed by atoms with E-state index in [1.807, 2.05) is 18.2 Å². The molecule has 0 aliphatic rings. The van der Waals surface area contributed by atoms with Crippen LogP contribution in [0.4, 0.5) is 0 Å². The molecule has 1 aromatic carbocycles. The van der Waals surface area contributed by atoms with E-state index in [2.05, 4.69) is 18.4 Å². The molecule has 0 aliphatic carbocycles. The van der Waals surface area contributed by atoms with Gasteiger partial charge in [0.15, 0.2) is 0 Å². The Bertz CT molecular complexity index is 296. The first kappa shape index (κ1) is 14.6. The number of hydrogen-bond acceptors (Lipinski definition) is 3. The van der Waals surface area contributed by atoms with Crippen molar-refractivity contribution in [2.45, 2.75) is 19.3 Å². The molecule has 0 spiro atoms. The van der Waals surface area contributed by atoms with Gasteiger partial charge in [0.2, 0.25) is 0 Å². The Morgan fingerprint density at radius 1 is 1.12 bits per heavy atom. The van der Waals surface area contributed by atoms with Crippen LogP contribution in [-0.4, -0.2) is 35.4 Å². The first-order chi connectivity index (χ1) is 8.26. The zero-order valence-corrected chi connectivity index (χ0v) is 11.2. The van der Waals surface area contributed by atoms with E-state index in [9.17, 15) is 10.2 Å². The molecule has 17 heavy (non-hydrogen) atoms. The SMILES string of the molecule is CSCCCC(CO)(CO)Cc1ccccc1. The summed E-state index contributed by atoms with van der Waals surface area (Å²) >= 11 is 1.81. The number of rotatable bonds is 8. The summed E-state index contributed by atoms with van der Waals surface area (Å²) in [4.78, 5) is 0. The largest absolute Gasteiger partial charge is 0.396 e. The zero-order valence-electron chi connectivity index (χ0n) is 10.4. The van der Waals surface area contributed by atoms with Crippen LogP contribution in [0.3, 0.4) is 0 Å². The van der Waals surface area contributed by atoms with Crippen molar-refractivity contribution in [1.29, 1.82) is 0 Å². The quantitative estimate of drug-likeness (QED) is 0.700. The van der Waals surface area contributed by atoms with Crippen molar-refractivity contribution in [3.63, 3.8) is 0 Å². The highest BCUT2D eigenvalue weighted by atomic mass is 32.2. The number of thioether (sulfide) groups is 1. The highest BCUT2D eigenvalue weighted by molar-refractivity contribution is 7.98. The van der Waals surface area contributed by atoms with E-state index < -0.39 is 0 Å². The minimum atomic E-state index is -0.364. The average molecular weight is 254 g/mol. The Kier molecular flexibility index (Phi) is 6.63. The maximum absolute atomic E-state index is 9.57. The maximum Gasteiger partial charge on any atom is 0.0512 e. The summed E-state index contributed by atoms with van der Waals surface area (Å²) in [5, 5.41) is 19.1. The Morgan fingerprint density at radius 2 is 1.76 bits per heavy atom. The summed E-state index contributed by atoms with van der Waals surface area (Å²) in [7, 11) is 0. The van der Waals surface area contributed by atoms with E-state index >= 15 is 0 Å². The third-order valence-corrected chi connectivity index (χ3v) is 3.85. The molecule has 0 radical (unpaired) electrons. The van der Waals surface area contributed by atoms with Crippen LogP contribution in [0.2, 0.25) is 0 Å². The number of hydrogen-bond donors (Lipinski definition) is 2. The van der Waals surface area contributed by atoms with Crippen LogP contribution in [0, 0.1) is 5.41 Å². The van der Waals surface area contributed by atoms with Gasteiger partial charge >= 0.3 is 0 Å². The standard InChI is InChI=1S/C14H22O2S/c1-17-9-5-8-14(11-15,12-16)10-13-6-3-2-4-7-13/h2-4,6-7,15-16H,5,8-12H2,1H3. The predicted octanol–water partition coefficient (Wildman–Crippen LogP) is 2.34. The van der Waals surface area contributed by atoms with Crippen molar-refractivity contribution in [3.8, 4) is 0 Å². The van der Waals surface area contributed by atoms with E-state index in [-0.39, 0.29) is 18.6 Å². The van der Waals surface area contributed by atoms with Gasteiger partial charge in [0.1, 0.15) is 0 Å². The van der Waals surface area contributed by atoms with Gasteiger partial charge in [-0.3, -0.25) is 0 Å². The third kappa shape index (κ3) is 4.70. The molecular formula is C14H22O2S. The molecule has 96 valence electrons. The van der Waals surface area contributed by atoms with Crippen LogP contribution < -0.4 is 0 Å². The van der Waals surface area contributed by atoms with Crippen LogP contribution in [0.15, 0.2) is 30.3 Å². The fourth-order valence-electron chi connectivity index (χ4n) is 2.03. The molecule has 0 aliphatic heterocycles. The first-order valence-electron chi connectivity index (χ1n) is 6.01. The smallest absolute Gasteiger partial charge is 0.0512 e. The molecule has 0 amide bonds. The van der Waals surface area contributed by atoms with E-state index in [1.165, 1.54) is 5.56 Å². The van der Waals surface area contributed by atoms with Gasteiger partial charge in [-0.2, -0.15) is 11.8 Å². The van der Waals surface area contributed by atoms with Gasteiger partial charge in [-0.15, -0.1) is 0 Å². The summed E-state index contributed by atoms with van der Waals surface area (Å²) in [6.45, 7) is 0.0968. The Labute approximate surface area is 108 Å². The lowest BCUT2D eigenvalue weighted by Gasteiger charge is -2.30. The zero-order chi connectivity index (χ0) is 12.6. The fraction of sp³-hybridized carbons (Fsp3) is 0.571. The van der Waals surface area contributed by atoms with Crippen molar-refractivity contribution >= 4 is 11.8 Å². The Morgan fingerprint density at radius 3 is 2.29 bits per heavy atom. The topological polar surface area (TPSA) is 40.5 Å². The predicted molar refractivity (Wildman–Crippen MR) is 74.4 cm³/mol. The fourth-order valence-corrected chi connectivity index (χ4v) is 2.46. The van der Waals surface area contributed by atoms with Crippen LogP contribution >= 0.6 is 11.8 Å². The molecule has 3 heteroatoms. The molecule has 2 nitrogen and oxygen atoms in total. The van der Waals surface area contributed by atoms with E-state index in [1.54, 1.807) is 11.8 Å². The van der Waals surface area contributed by atoms with E-state index in [4.69, 9.17) is 0 Å². The van der Waals surface area contributed by atoms with Crippen molar-refractivity contribution in [2.75, 3.05) is 25.2 Å². The van der Waals surface area contributed by atoms with Gasteiger partial charge in [0.25, 0.3) is 0 Å². The van der Waals surface area contributed by atoms with Gasteiger partial charge in [-0.05, 0) is 36.8 Å². The molecule has 0 atom stereocenters. The van der Waals surface area contributed by atoms with Gasteiger partial charge < -0.3 is 10.2 Å². The molecule has 1 rings (SSSR count). The van der Waals surface area contributed by atoms with Crippen LogP contribution in [0.5, 0.6) is 0 Å². The second-order valence-electron chi connectivity index (χ2n) is 4.57. The van der Waals surface area contributed by atoms with Crippen molar-refractivity contribution in [1.82, 2.24) is 0 Å². The molecule has 0 bridgehead atoms. The van der Waals surface area contributed by atoms with Gasteiger partial charge in [0, 0.05) is 5.41 Å². The Hall–Kier alpha value is -0.510. The normalized spacial score (nSPS) is 11.7.